The molecule has 0 aromatic carbocycles. The van der Waals surface area contributed by atoms with Gasteiger partial charge in [0, 0.05) is 26.2 Å². The van der Waals surface area contributed by atoms with Gasteiger partial charge in [-0.25, -0.2) is 8.42 Å². The maximum absolute atomic E-state index is 11.6. The summed E-state index contributed by atoms with van der Waals surface area (Å²) in [6.45, 7) is 4.86. The van der Waals surface area contributed by atoms with E-state index in [-0.39, 0.29) is 11.7 Å². The van der Waals surface area contributed by atoms with Crippen LogP contribution >= 0.6 is 0 Å². The van der Waals surface area contributed by atoms with Crippen LogP contribution in [0.4, 0.5) is 0 Å². The first-order valence-corrected chi connectivity index (χ1v) is 7.01. The van der Waals surface area contributed by atoms with Crippen LogP contribution < -0.4 is 5.73 Å². The van der Waals surface area contributed by atoms with Crippen molar-refractivity contribution in [3.63, 3.8) is 0 Å². The highest BCUT2D eigenvalue weighted by Gasteiger charge is 2.28. The number of carbonyl (C=O) groups is 1. The minimum atomic E-state index is -3.13. The van der Waals surface area contributed by atoms with E-state index >= 15 is 0 Å². The van der Waals surface area contributed by atoms with Crippen molar-refractivity contribution in [1.29, 1.82) is 0 Å². The Morgan fingerprint density at radius 2 is 1.81 bits per heavy atom. The van der Waals surface area contributed by atoms with Crippen LogP contribution in [0.2, 0.25) is 0 Å². The third kappa shape index (κ3) is 2.93. The molecule has 0 spiro atoms. The van der Waals surface area contributed by atoms with Crippen LogP contribution in [0.3, 0.4) is 0 Å². The summed E-state index contributed by atoms with van der Waals surface area (Å²) >= 11 is 0. The number of piperazine rings is 1. The summed E-state index contributed by atoms with van der Waals surface area (Å²) in [4.78, 5) is 13.2. The second kappa shape index (κ2) is 5.11. The quantitative estimate of drug-likeness (QED) is 0.683. The van der Waals surface area contributed by atoms with Crippen molar-refractivity contribution in [2.24, 2.45) is 5.73 Å². The zero-order valence-corrected chi connectivity index (χ0v) is 10.5. The molecular formula is C9H19N3O3S. The van der Waals surface area contributed by atoms with Gasteiger partial charge in [0.25, 0.3) is 0 Å². The lowest BCUT2D eigenvalue weighted by Crippen LogP contribution is -2.53. The van der Waals surface area contributed by atoms with E-state index in [0.29, 0.717) is 26.2 Å². The van der Waals surface area contributed by atoms with Crippen molar-refractivity contribution >= 4 is 15.9 Å². The Hall–Kier alpha value is -0.660. The fraction of sp³-hybridized carbons (Fsp3) is 0.889. The zero-order chi connectivity index (χ0) is 12.3. The molecule has 1 amide bonds. The molecule has 1 aliphatic heterocycles. The minimum Gasteiger partial charge on any atom is -0.339 e. The lowest BCUT2D eigenvalue weighted by atomic mass is 10.2. The molecule has 0 aromatic heterocycles. The number of hydrogen-bond acceptors (Lipinski definition) is 4. The summed E-state index contributed by atoms with van der Waals surface area (Å²) in [5, 5.41) is 0. The number of nitrogens with two attached hydrogens (primary N) is 1. The van der Waals surface area contributed by atoms with E-state index in [0.717, 1.165) is 0 Å². The van der Waals surface area contributed by atoms with Crippen LogP contribution in [0.5, 0.6) is 0 Å². The first-order valence-electron chi connectivity index (χ1n) is 5.40. The van der Waals surface area contributed by atoms with Crippen molar-refractivity contribution in [2.45, 2.75) is 19.9 Å². The van der Waals surface area contributed by atoms with Gasteiger partial charge in [-0.3, -0.25) is 4.79 Å². The monoisotopic (exact) mass is 249 g/mol. The molecule has 0 aliphatic carbocycles. The molecular weight excluding hydrogens is 230 g/mol. The highest BCUT2D eigenvalue weighted by atomic mass is 32.2. The highest BCUT2D eigenvalue weighted by molar-refractivity contribution is 7.89. The fourth-order valence-corrected chi connectivity index (χ4v) is 2.74. The third-order valence-corrected chi connectivity index (χ3v) is 4.58. The minimum absolute atomic E-state index is 0.105. The van der Waals surface area contributed by atoms with Crippen LogP contribution in [0, 0.1) is 0 Å². The molecule has 1 saturated heterocycles. The number of amides is 1. The van der Waals surface area contributed by atoms with Crippen molar-refractivity contribution in [1.82, 2.24) is 9.21 Å². The Labute approximate surface area is 96.4 Å². The summed E-state index contributed by atoms with van der Waals surface area (Å²) in [7, 11) is -3.13. The van der Waals surface area contributed by atoms with E-state index in [2.05, 4.69) is 0 Å². The summed E-state index contributed by atoms with van der Waals surface area (Å²) in [6, 6.07) is -0.519. The van der Waals surface area contributed by atoms with E-state index in [1.807, 2.05) is 0 Å². The molecule has 1 rings (SSSR count). The van der Waals surface area contributed by atoms with Crippen LogP contribution in [-0.4, -0.2) is 61.5 Å². The van der Waals surface area contributed by atoms with Crippen molar-refractivity contribution in [3.05, 3.63) is 0 Å². The number of nitrogens with zero attached hydrogens (tertiary/aromatic N) is 2. The smallest absolute Gasteiger partial charge is 0.239 e. The zero-order valence-electron chi connectivity index (χ0n) is 9.72. The molecule has 94 valence electrons. The molecule has 7 heteroatoms. The van der Waals surface area contributed by atoms with Gasteiger partial charge in [-0.2, -0.15) is 4.31 Å². The Morgan fingerprint density at radius 1 is 1.31 bits per heavy atom. The van der Waals surface area contributed by atoms with Crippen molar-refractivity contribution < 1.29 is 13.2 Å². The van der Waals surface area contributed by atoms with E-state index in [9.17, 15) is 13.2 Å². The van der Waals surface area contributed by atoms with Gasteiger partial charge in [-0.05, 0) is 13.8 Å². The first-order chi connectivity index (χ1) is 7.38. The van der Waals surface area contributed by atoms with Crippen LogP contribution in [0.15, 0.2) is 0 Å². The normalized spacial score (nSPS) is 20.8. The van der Waals surface area contributed by atoms with Crippen molar-refractivity contribution in [3.8, 4) is 0 Å². The average molecular weight is 249 g/mol. The molecule has 0 bridgehead atoms. The maximum Gasteiger partial charge on any atom is 0.239 e. The van der Waals surface area contributed by atoms with Gasteiger partial charge in [0.2, 0.25) is 15.9 Å². The van der Waals surface area contributed by atoms with Gasteiger partial charge in [0.1, 0.15) is 0 Å². The Kier molecular flexibility index (Phi) is 4.28. The standard InChI is InChI=1S/C9H19N3O3S/c1-3-16(14,15)12-6-4-11(5-7-12)9(13)8(2)10/h8H,3-7,10H2,1-2H3. The molecule has 1 fully saturated rings. The first kappa shape index (κ1) is 13.4. The van der Waals surface area contributed by atoms with Gasteiger partial charge < -0.3 is 10.6 Å². The molecule has 1 aliphatic rings. The topological polar surface area (TPSA) is 83.7 Å². The predicted molar refractivity (Wildman–Crippen MR) is 61.3 cm³/mol. The van der Waals surface area contributed by atoms with Gasteiger partial charge in [-0.15, -0.1) is 0 Å². The number of rotatable bonds is 3. The lowest BCUT2D eigenvalue weighted by Gasteiger charge is -2.34. The number of sulfonamides is 1. The Morgan fingerprint density at radius 3 is 2.19 bits per heavy atom. The van der Waals surface area contributed by atoms with E-state index in [1.165, 1.54) is 4.31 Å². The third-order valence-electron chi connectivity index (χ3n) is 2.70. The lowest BCUT2D eigenvalue weighted by molar-refractivity contribution is -0.133. The number of hydrogen-bond donors (Lipinski definition) is 1. The Bertz CT molecular complexity index is 345. The molecule has 1 heterocycles. The second-order valence-electron chi connectivity index (χ2n) is 3.91. The highest BCUT2D eigenvalue weighted by Crippen LogP contribution is 2.08. The SMILES string of the molecule is CCS(=O)(=O)N1CCN(C(=O)C(C)N)CC1. The second-order valence-corrected chi connectivity index (χ2v) is 6.17. The molecule has 1 atom stereocenters. The van der Waals surface area contributed by atoms with Gasteiger partial charge >= 0.3 is 0 Å². The van der Waals surface area contributed by atoms with Gasteiger partial charge in [0.15, 0.2) is 0 Å². The van der Waals surface area contributed by atoms with E-state index < -0.39 is 16.1 Å². The maximum atomic E-state index is 11.6. The van der Waals surface area contributed by atoms with Crippen molar-refractivity contribution in [2.75, 3.05) is 31.9 Å². The summed E-state index contributed by atoms with van der Waals surface area (Å²) in [5.41, 5.74) is 5.49. The van der Waals surface area contributed by atoms with E-state index in [4.69, 9.17) is 5.73 Å². The average Bonchev–Trinajstić information content (AvgIpc) is 2.28. The van der Waals surface area contributed by atoms with Gasteiger partial charge in [0.05, 0.1) is 11.8 Å². The van der Waals surface area contributed by atoms with Crippen LogP contribution in [-0.2, 0) is 14.8 Å². The molecule has 0 aromatic rings. The van der Waals surface area contributed by atoms with Crippen LogP contribution in [0.1, 0.15) is 13.8 Å². The molecule has 1 unspecified atom stereocenters. The summed E-state index contributed by atoms with van der Waals surface area (Å²) in [5.74, 6) is -0.0117. The van der Waals surface area contributed by atoms with Crippen LogP contribution in [0.25, 0.3) is 0 Å². The molecule has 0 saturated carbocycles. The summed E-state index contributed by atoms with van der Waals surface area (Å²) in [6.07, 6.45) is 0. The van der Waals surface area contributed by atoms with Gasteiger partial charge in [-0.1, -0.05) is 0 Å². The fourth-order valence-electron chi connectivity index (χ4n) is 1.66. The number of carbonyl (C=O) groups excluding carboxylic acids is 1. The molecule has 16 heavy (non-hydrogen) atoms. The predicted octanol–water partition coefficient (Wildman–Crippen LogP) is -1.17. The molecule has 6 nitrogen and oxygen atoms in total. The Balaban J connectivity index is 2.55. The molecule has 0 radical (unpaired) electrons. The van der Waals surface area contributed by atoms with E-state index in [1.54, 1.807) is 18.7 Å². The summed E-state index contributed by atoms with van der Waals surface area (Å²) < 4.78 is 24.6. The largest absolute Gasteiger partial charge is 0.339 e. The molecule has 2 N–H and O–H groups in total.